The fourth-order valence-electron chi connectivity index (χ4n) is 2.75. The highest BCUT2D eigenvalue weighted by Gasteiger charge is 2.15. The van der Waals surface area contributed by atoms with Crippen LogP contribution in [-0.2, 0) is 16.1 Å². The van der Waals surface area contributed by atoms with Gasteiger partial charge in [-0.3, -0.25) is 0 Å². The first-order valence-corrected chi connectivity index (χ1v) is 7.57. The lowest BCUT2D eigenvalue weighted by Crippen LogP contribution is -2.04. The SMILES string of the molecule is COCOc1cc(C)c(-c2cc(C(=O)OC)ccc2CO)c(C)c1. The second kappa shape index (κ2) is 7.95. The Morgan fingerprint density at radius 1 is 1.08 bits per heavy atom. The molecular formula is C19H22O5. The van der Waals surface area contributed by atoms with Crippen molar-refractivity contribution in [3.8, 4) is 16.9 Å². The number of benzene rings is 2. The van der Waals surface area contributed by atoms with Crippen LogP contribution in [0.2, 0.25) is 0 Å². The summed E-state index contributed by atoms with van der Waals surface area (Å²) < 4.78 is 15.2. The standard InChI is InChI=1S/C19H22O5/c1-12-7-16(24-11-22-3)8-13(2)18(12)17-9-14(19(21)23-4)5-6-15(17)10-20/h5-9,20H,10-11H2,1-4H3. The van der Waals surface area contributed by atoms with Gasteiger partial charge in [0.15, 0.2) is 6.79 Å². The first-order chi connectivity index (χ1) is 11.5. The second-order valence-electron chi connectivity index (χ2n) is 5.50. The second-order valence-corrected chi connectivity index (χ2v) is 5.50. The zero-order valence-corrected chi connectivity index (χ0v) is 14.4. The summed E-state index contributed by atoms with van der Waals surface area (Å²) in [5.74, 6) is 0.307. The van der Waals surface area contributed by atoms with E-state index in [1.807, 2.05) is 26.0 Å². The van der Waals surface area contributed by atoms with Crippen molar-refractivity contribution in [1.82, 2.24) is 0 Å². The van der Waals surface area contributed by atoms with Crippen LogP contribution in [0.25, 0.3) is 11.1 Å². The van der Waals surface area contributed by atoms with Crippen LogP contribution in [0.3, 0.4) is 0 Å². The maximum atomic E-state index is 11.8. The fraction of sp³-hybridized carbons (Fsp3) is 0.316. The number of methoxy groups -OCH3 is 2. The average Bonchev–Trinajstić information content (AvgIpc) is 2.58. The molecule has 128 valence electrons. The number of aliphatic hydroxyl groups is 1. The van der Waals surface area contributed by atoms with Crippen molar-refractivity contribution in [2.75, 3.05) is 21.0 Å². The minimum atomic E-state index is -0.406. The summed E-state index contributed by atoms with van der Waals surface area (Å²) >= 11 is 0. The lowest BCUT2D eigenvalue weighted by molar-refractivity contribution is 0.0510. The van der Waals surface area contributed by atoms with Gasteiger partial charge in [-0.15, -0.1) is 0 Å². The van der Waals surface area contributed by atoms with Gasteiger partial charge in [-0.05, 0) is 65.9 Å². The molecule has 0 atom stereocenters. The van der Waals surface area contributed by atoms with Gasteiger partial charge in [0.25, 0.3) is 0 Å². The average molecular weight is 330 g/mol. The monoisotopic (exact) mass is 330 g/mol. The zero-order chi connectivity index (χ0) is 17.7. The highest BCUT2D eigenvalue weighted by molar-refractivity contribution is 5.92. The molecule has 0 radical (unpaired) electrons. The van der Waals surface area contributed by atoms with E-state index in [0.29, 0.717) is 11.3 Å². The number of hydrogen-bond acceptors (Lipinski definition) is 5. The Hall–Kier alpha value is -2.37. The van der Waals surface area contributed by atoms with Crippen molar-refractivity contribution in [3.05, 3.63) is 52.6 Å². The minimum absolute atomic E-state index is 0.113. The van der Waals surface area contributed by atoms with Gasteiger partial charge in [-0.2, -0.15) is 0 Å². The van der Waals surface area contributed by atoms with E-state index in [1.54, 1.807) is 25.3 Å². The summed E-state index contributed by atoms with van der Waals surface area (Å²) in [6.07, 6.45) is 0. The Kier molecular flexibility index (Phi) is 5.95. The molecule has 0 aliphatic carbocycles. The molecule has 5 nitrogen and oxygen atoms in total. The molecule has 2 rings (SSSR count). The third-order valence-electron chi connectivity index (χ3n) is 3.82. The maximum absolute atomic E-state index is 11.8. The predicted molar refractivity (Wildman–Crippen MR) is 91.1 cm³/mol. The molecule has 0 aliphatic heterocycles. The Morgan fingerprint density at radius 3 is 2.29 bits per heavy atom. The molecule has 0 unspecified atom stereocenters. The summed E-state index contributed by atoms with van der Waals surface area (Å²) in [6.45, 7) is 4.00. The van der Waals surface area contributed by atoms with Crippen molar-refractivity contribution in [3.63, 3.8) is 0 Å². The first kappa shape index (κ1) is 18.0. The molecule has 0 fully saturated rings. The summed E-state index contributed by atoms with van der Waals surface area (Å²) in [6, 6.07) is 8.97. The number of esters is 1. The smallest absolute Gasteiger partial charge is 0.337 e. The van der Waals surface area contributed by atoms with Gasteiger partial charge in [-0.1, -0.05) is 6.07 Å². The number of ether oxygens (including phenoxy) is 3. The van der Waals surface area contributed by atoms with Crippen LogP contribution in [0.4, 0.5) is 0 Å². The molecule has 0 bridgehead atoms. The molecule has 0 aliphatic rings. The van der Waals surface area contributed by atoms with Gasteiger partial charge >= 0.3 is 5.97 Å². The summed E-state index contributed by atoms with van der Waals surface area (Å²) in [5, 5.41) is 9.66. The summed E-state index contributed by atoms with van der Waals surface area (Å²) in [7, 11) is 2.92. The highest BCUT2D eigenvalue weighted by Crippen LogP contribution is 2.34. The van der Waals surface area contributed by atoms with Gasteiger partial charge in [0.1, 0.15) is 5.75 Å². The first-order valence-electron chi connectivity index (χ1n) is 7.57. The lowest BCUT2D eigenvalue weighted by atomic mass is 9.91. The maximum Gasteiger partial charge on any atom is 0.337 e. The Morgan fingerprint density at radius 2 is 1.75 bits per heavy atom. The van der Waals surface area contributed by atoms with Crippen molar-refractivity contribution >= 4 is 5.97 Å². The van der Waals surface area contributed by atoms with Gasteiger partial charge in [-0.25, -0.2) is 4.79 Å². The minimum Gasteiger partial charge on any atom is -0.468 e. The molecule has 0 saturated heterocycles. The summed E-state index contributed by atoms with van der Waals surface area (Å²) in [4.78, 5) is 11.8. The van der Waals surface area contributed by atoms with E-state index in [4.69, 9.17) is 14.2 Å². The predicted octanol–water partition coefficient (Wildman–Crippen LogP) is 3.23. The van der Waals surface area contributed by atoms with Crippen molar-refractivity contribution in [2.24, 2.45) is 0 Å². The highest BCUT2D eigenvalue weighted by atomic mass is 16.7. The van der Waals surface area contributed by atoms with E-state index in [0.717, 1.165) is 27.8 Å². The molecule has 0 spiro atoms. The molecule has 0 saturated carbocycles. The van der Waals surface area contributed by atoms with Crippen LogP contribution in [0.1, 0.15) is 27.0 Å². The van der Waals surface area contributed by atoms with Crippen molar-refractivity contribution in [2.45, 2.75) is 20.5 Å². The van der Waals surface area contributed by atoms with E-state index in [1.165, 1.54) is 7.11 Å². The Bertz CT molecular complexity index is 714. The van der Waals surface area contributed by atoms with E-state index in [-0.39, 0.29) is 13.4 Å². The van der Waals surface area contributed by atoms with E-state index in [2.05, 4.69) is 0 Å². The van der Waals surface area contributed by atoms with Gasteiger partial charge in [0, 0.05) is 7.11 Å². The number of carbonyl (C=O) groups excluding carboxylic acids is 1. The third-order valence-corrected chi connectivity index (χ3v) is 3.82. The van der Waals surface area contributed by atoms with Gasteiger partial charge in [0.05, 0.1) is 19.3 Å². The quantitative estimate of drug-likeness (QED) is 0.651. The lowest BCUT2D eigenvalue weighted by Gasteiger charge is -2.17. The van der Waals surface area contributed by atoms with Crippen LogP contribution < -0.4 is 4.74 Å². The number of rotatable bonds is 6. The fourth-order valence-corrected chi connectivity index (χ4v) is 2.75. The number of carbonyl (C=O) groups is 1. The molecule has 5 heteroatoms. The molecular weight excluding hydrogens is 308 g/mol. The molecule has 2 aromatic carbocycles. The Balaban J connectivity index is 2.56. The van der Waals surface area contributed by atoms with E-state index in [9.17, 15) is 9.90 Å². The number of hydrogen-bond donors (Lipinski definition) is 1. The van der Waals surface area contributed by atoms with Gasteiger partial charge < -0.3 is 19.3 Å². The number of aryl methyl sites for hydroxylation is 2. The largest absolute Gasteiger partial charge is 0.468 e. The van der Waals surface area contributed by atoms with Crippen LogP contribution in [0.15, 0.2) is 30.3 Å². The van der Waals surface area contributed by atoms with Crippen LogP contribution >= 0.6 is 0 Å². The summed E-state index contributed by atoms with van der Waals surface area (Å²) in [5.41, 5.74) is 4.95. The van der Waals surface area contributed by atoms with Crippen LogP contribution in [0.5, 0.6) is 5.75 Å². The topological polar surface area (TPSA) is 65.0 Å². The van der Waals surface area contributed by atoms with Crippen LogP contribution in [-0.4, -0.2) is 32.1 Å². The van der Waals surface area contributed by atoms with Crippen molar-refractivity contribution in [1.29, 1.82) is 0 Å². The molecule has 2 aromatic rings. The molecule has 1 N–H and O–H groups in total. The third kappa shape index (κ3) is 3.75. The number of aliphatic hydroxyl groups excluding tert-OH is 1. The van der Waals surface area contributed by atoms with Crippen LogP contribution in [0, 0.1) is 13.8 Å². The normalized spacial score (nSPS) is 10.5. The van der Waals surface area contributed by atoms with E-state index >= 15 is 0 Å². The molecule has 0 amide bonds. The zero-order valence-electron chi connectivity index (χ0n) is 14.4. The van der Waals surface area contributed by atoms with E-state index < -0.39 is 5.97 Å². The molecule has 0 aromatic heterocycles. The molecule has 0 heterocycles. The molecule has 24 heavy (non-hydrogen) atoms. The van der Waals surface area contributed by atoms with Crippen molar-refractivity contribution < 1.29 is 24.1 Å². The Labute approximate surface area is 141 Å². The van der Waals surface area contributed by atoms with Gasteiger partial charge in [0.2, 0.25) is 0 Å².